The van der Waals surface area contributed by atoms with Gasteiger partial charge in [0.2, 0.25) is 0 Å². The highest BCUT2D eigenvalue weighted by atomic mass is 15.2. The lowest BCUT2D eigenvalue weighted by Gasteiger charge is -2.22. The maximum absolute atomic E-state index is 3.51. The summed E-state index contributed by atoms with van der Waals surface area (Å²) in [6.07, 6.45) is 4.45. The fourth-order valence-electron chi connectivity index (χ4n) is 2.80. The second-order valence-corrected chi connectivity index (χ2v) is 4.71. The van der Waals surface area contributed by atoms with Gasteiger partial charge in [0.25, 0.3) is 0 Å². The van der Waals surface area contributed by atoms with E-state index in [0.717, 1.165) is 17.9 Å². The van der Waals surface area contributed by atoms with Crippen LogP contribution in [0.5, 0.6) is 0 Å². The van der Waals surface area contributed by atoms with Crippen molar-refractivity contribution in [3.05, 3.63) is 0 Å². The van der Waals surface area contributed by atoms with Crippen molar-refractivity contribution in [2.24, 2.45) is 11.8 Å². The molecule has 3 fully saturated rings. The molecule has 12 heavy (non-hydrogen) atoms. The van der Waals surface area contributed by atoms with Gasteiger partial charge in [-0.2, -0.15) is 0 Å². The van der Waals surface area contributed by atoms with Gasteiger partial charge in [0.1, 0.15) is 0 Å². The molecular weight excluding hydrogens is 148 g/mol. The Hall–Kier alpha value is -0.0800. The fraction of sp³-hybridized carbons (Fsp3) is 1.00. The lowest BCUT2D eigenvalue weighted by Crippen LogP contribution is -2.35. The molecule has 1 N–H and O–H groups in total. The zero-order valence-corrected chi connectivity index (χ0v) is 7.63. The van der Waals surface area contributed by atoms with Gasteiger partial charge in [-0.1, -0.05) is 0 Å². The van der Waals surface area contributed by atoms with Crippen molar-refractivity contribution in [1.29, 1.82) is 0 Å². The third-order valence-electron chi connectivity index (χ3n) is 3.75. The average molecular weight is 166 g/mol. The van der Waals surface area contributed by atoms with Crippen molar-refractivity contribution in [3.8, 4) is 0 Å². The summed E-state index contributed by atoms with van der Waals surface area (Å²) in [5.41, 5.74) is 0. The molecule has 3 aliphatic rings. The van der Waals surface area contributed by atoms with Crippen LogP contribution in [0.3, 0.4) is 0 Å². The van der Waals surface area contributed by atoms with E-state index in [1.807, 2.05) is 0 Å². The Morgan fingerprint density at radius 1 is 1.17 bits per heavy atom. The van der Waals surface area contributed by atoms with E-state index in [1.165, 1.54) is 45.4 Å². The van der Waals surface area contributed by atoms with Crippen LogP contribution in [0.15, 0.2) is 0 Å². The number of nitrogens with one attached hydrogen (secondary N) is 1. The zero-order valence-electron chi connectivity index (χ0n) is 7.63. The first-order chi connectivity index (χ1) is 5.93. The molecule has 2 atom stereocenters. The Bertz CT molecular complexity index is 177. The third kappa shape index (κ3) is 1.17. The highest BCUT2D eigenvalue weighted by molar-refractivity contribution is 4.95. The molecule has 2 saturated heterocycles. The van der Waals surface area contributed by atoms with E-state index in [0.29, 0.717) is 0 Å². The van der Waals surface area contributed by atoms with Gasteiger partial charge in [0.05, 0.1) is 0 Å². The minimum Gasteiger partial charge on any atom is -0.315 e. The molecule has 0 radical (unpaired) electrons. The molecule has 0 spiro atoms. The minimum absolute atomic E-state index is 0.908. The van der Waals surface area contributed by atoms with Crippen molar-refractivity contribution in [1.82, 2.24) is 10.2 Å². The van der Waals surface area contributed by atoms with Crippen LogP contribution in [-0.4, -0.2) is 37.1 Å². The van der Waals surface area contributed by atoms with Gasteiger partial charge in [0.15, 0.2) is 0 Å². The van der Waals surface area contributed by atoms with Crippen LogP contribution >= 0.6 is 0 Å². The van der Waals surface area contributed by atoms with E-state index >= 15 is 0 Å². The normalized spacial score (nSPS) is 42.0. The molecule has 0 aromatic carbocycles. The molecule has 2 aliphatic heterocycles. The van der Waals surface area contributed by atoms with Crippen molar-refractivity contribution in [3.63, 3.8) is 0 Å². The van der Waals surface area contributed by atoms with Crippen molar-refractivity contribution >= 4 is 0 Å². The maximum atomic E-state index is 3.51. The molecule has 68 valence electrons. The average Bonchev–Trinajstić information content (AvgIpc) is 2.63. The van der Waals surface area contributed by atoms with E-state index < -0.39 is 0 Å². The highest BCUT2D eigenvalue weighted by Gasteiger charge is 2.39. The van der Waals surface area contributed by atoms with Crippen LogP contribution in [0, 0.1) is 11.8 Å². The summed E-state index contributed by atoms with van der Waals surface area (Å²) < 4.78 is 0. The topological polar surface area (TPSA) is 15.3 Å². The van der Waals surface area contributed by atoms with Crippen LogP contribution in [0.1, 0.15) is 19.3 Å². The van der Waals surface area contributed by atoms with Gasteiger partial charge in [-0.25, -0.2) is 0 Å². The maximum Gasteiger partial charge on any atom is 0.0261 e. The van der Waals surface area contributed by atoms with Crippen LogP contribution in [0.4, 0.5) is 0 Å². The quantitative estimate of drug-likeness (QED) is 0.649. The lowest BCUT2D eigenvalue weighted by molar-refractivity contribution is 0.242. The van der Waals surface area contributed by atoms with Crippen LogP contribution < -0.4 is 5.32 Å². The number of nitrogens with zero attached hydrogens (tertiary/aromatic N) is 1. The molecule has 1 aliphatic carbocycles. The molecule has 0 bridgehead atoms. The second-order valence-electron chi connectivity index (χ2n) is 4.71. The van der Waals surface area contributed by atoms with E-state index in [4.69, 9.17) is 0 Å². The first-order valence-corrected chi connectivity index (χ1v) is 5.38. The Kier molecular flexibility index (Phi) is 1.66. The summed E-state index contributed by atoms with van der Waals surface area (Å²) in [6.45, 7) is 5.33. The molecule has 0 aromatic rings. The van der Waals surface area contributed by atoms with E-state index in [1.54, 1.807) is 0 Å². The Morgan fingerprint density at radius 2 is 2.08 bits per heavy atom. The predicted octanol–water partition coefficient (Wildman–Crippen LogP) is 0.690. The second kappa shape index (κ2) is 2.71. The monoisotopic (exact) mass is 166 g/mol. The Balaban J connectivity index is 1.62. The predicted molar refractivity (Wildman–Crippen MR) is 49.1 cm³/mol. The summed E-state index contributed by atoms with van der Waals surface area (Å²) in [5, 5.41) is 3.51. The highest BCUT2D eigenvalue weighted by Crippen LogP contribution is 2.34. The summed E-state index contributed by atoms with van der Waals surface area (Å²) in [7, 11) is 0. The number of hydrogen-bond donors (Lipinski definition) is 1. The molecule has 0 amide bonds. The van der Waals surface area contributed by atoms with Crippen molar-refractivity contribution < 1.29 is 0 Å². The largest absolute Gasteiger partial charge is 0.315 e. The van der Waals surface area contributed by atoms with Crippen LogP contribution in [0.25, 0.3) is 0 Å². The molecular formula is C10H18N2. The van der Waals surface area contributed by atoms with Gasteiger partial charge in [-0.05, 0) is 44.2 Å². The Morgan fingerprint density at radius 3 is 2.92 bits per heavy atom. The van der Waals surface area contributed by atoms with Gasteiger partial charge in [0, 0.05) is 19.1 Å². The standard InChI is InChI=1S/C10H18N2/c1-2-8(1)7-12-4-3-9-5-11-6-10(9)12/h8-11H,1-7H2/t9-,10+/m1/s1. The first-order valence-electron chi connectivity index (χ1n) is 5.38. The van der Waals surface area contributed by atoms with Gasteiger partial charge >= 0.3 is 0 Å². The van der Waals surface area contributed by atoms with E-state index in [9.17, 15) is 0 Å². The Labute approximate surface area is 74.3 Å². The molecule has 3 rings (SSSR count). The summed E-state index contributed by atoms with van der Waals surface area (Å²) in [4.78, 5) is 2.74. The zero-order chi connectivity index (χ0) is 7.97. The number of rotatable bonds is 2. The van der Waals surface area contributed by atoms with Gasteiger partial charge < -0.3 is 5.32 Å². The molecule has 1 saturated carbocycles. The van der Waals surface area contributed by atoms with Gasteiger partial charge in [-0.3, -0.25) is 4.90 Å². The van der Waals surface area contributed by atoms with Crippen molar-refractivity contribution in [2.75, 3.05) is 26.2 Å². The molecule has 2 nitrogen and oxygen atoms in total. The smallest absolute Gasteiger partial charge is 0.0261 e. The molecule has 0 unspecified atom stereocenters. The van der Waals surface area contributed by atoms with Crippen molar-refractivity contribution in [2.45, 2.75) is 25.3 Å². The first kappa shape index (κ1) is 7.34. The third-order valence-corrected chi connectivity index (χ3v) is 3.75. The molecule has 2 heteroatoms. The van der Waals surface area contributed by atoms with Gasteiger partial charge in [-0.15, -0.1) is 0 Å². The summed E-state index contributed by atoms with van der Waals surface area (Å²) >= 11 is 0. The molecule has 0 aromatic heterocycles. The fourth-order valence-corrected chi connectivity index (χ4v) is 2.80. The SMILES string of the molecule is C1CC1CN1CC[C@@H]2CNC[C@@H]21. The van der Waals surface area contributed by atoms with E-state index in [2.05, 4.69) is 10.2 Å². The molecule has 2 heterocycles. The summed E-state index contributed by atoms with van der Waals surface area (Å²) in [5.74, 6) is 2.06. The van der Waals surface area contributed by atoms with E-state index in [-0.39, 0.29) is 0 Å². The summed E-state index contributed by atoms with van der Waals surface area (Å²) in [6, 6.07) is 0.908. The minimum atomic E-state index is 0.908. The number of hydrogen-bond acceptors (Lipinski definition) is 2. The van der Waals surface area contributed by atoms with Crippen LogP contribution in [0.2, 0.25) is 0 Å². The number of likely N-dealkylation sites (tertiary alicyclic amines) is 1. The van der Waals surface area contributed by atoms with Crippen LogP contribution in [-0.2, 0) is 0 Å². The lowest BCUT2D eigenvalue weighted by atomic mass is 10.1. The number of fused-ring (bicyclic) bond motifs is 1.